The number of carbonyl (C=O) groups is 1. The van der Waals surface area contributed by atoms with Crippen molar-refractivity contribution < 1.29 is 9.90 Å². The number of carboxylic acids is 1. The molecule has 0 aliphatic carbocycles. The maximum absolute atomic E-state index is 10.3. The van der Waals surface area contributed by atoms with Gasteiger partial charge in [-0.1, -0.05) is 29.8 Å². The quantitative estimate of drug-likeness (QED) is 0.721. The molecule has 0 aromatic rings. The maximum Gasteiger partial charge on any atom is 0.303 e. The van der Waals surface area contributed by atoms with Gasteiger partial charge in [-0.2, -0.15) is 0 Å². The van der Waals surface area contributed by atoms with Gasteiger partial charge in [0.2, 0.25) is 0 Å². The second-order valence-corrected chi connectivity index (χ2v) is 4.64. The molecule has 0 radical (unpaired) electrons. The molecule has 0 saturated heterocycles. The highest BCUT2D eigenvalue weighted by Gasteiger charge is 2.18. The average Bonchev–Trinajstić information content (AvgIpc) is 1.98. The van der Waals surface area contributed by atoms with Crippen LogP contribution in [-0.4, -0.2) is 16.4 Å². The van der Waals surface area contributed by atoms with Crippen LogP contribution in [-0.2, 0) is 4.79 Å². The van der Waals surface area contributed by atoms with Gasteiger partial charge in [0, 0.05) is 11.8 Å². The smallest absolute Gasteiger partial charge is 0.303 e. The Morgan fingerprint density at radius 3 is 2.42 bits per heavy atom. The summed E-state index contributed by atoms with van der Waals surface area (Å²) in [5, 5.41) is 9.50. The fourth-order valence-corrected chi connectivity index (χ4v) is 1.40. The lowest BCUT2D eigenvalue weighted by atomic mass is 9.83. The summed E-state index contributed by atoms with van der Waals surface area (Å²) in [6.45, 7) is 4.25. The van der Waals surface area contributed by atoms with Crippen LogP contribution in [0.4, 0.5) is 0 Å². The fraction of sp³-hybridized carbons (Fsp3) is 0.889. The Morgan fingerprint density at radius 2 is 2.00 bits per heavy atom. The number of rotatable bonds is 6. The molecule has 0 aliphatic heterocycles. The molecule has 0 saturated carbocycles. The van der Waals surface area contributed by atoms with Crippen LogP contribution < -0.4 is 0 Å². The summed E-state index contributed by atoms with van der Waals surface area (Å²) in [6.07, 6.45) is 3.27. The first-order chi connectivity index (χ1) is 5.48. The first-order valence-corrected chi connectivity index (χ1v) is 5.38. The zero-order chi connectivity index (χ0) is 9.61. The summed E-state index contributed by atoms with van der Waals surface area (Å²) < 4.78 is 0. The van der Waals surface area contributed by atoms with Gasteiger partial charge in [0.25, 0.3) is 0 Å². The molecule has 72 valence electrons. The molecule has 0 aliphatic rings. The van der Waals surface area contributed by atoms with Gasteiger partial charge in [0.05, 0.1) is 0 Å². The van der Waals surface area contributed by atoms with Crippen molar-refractivity contribution in [3.8, 4) is 0 Å². The number of aliphatic carboxylic acids is 1. The molecule has 0 rings (SSSR count). The van der Waals surface area contributed by atoms with E-state index in [9.17, 15) is 4.79 Å². The normalized spacial score (nSPS) is 11.6. The predicted molar refractivity (Wildman–Crippen MR) is 53.7 cm³/mol. The third-order valence-electron chi connectivity index (χ3n) is 2.00. The molecule has 12 heavy (non-hydrogen) atoms. The lowest BCUT2D eigenvalue weighted by Crippen LogP contribution is -2.13. The van der Waals surface area contributed by atoms with Gasteiger partial charge >= 0.3 is 5.97 Å². The van der Waals surface area contributed by atoms with E-state index in [1.807, 2.05) is 0 Å². The minimum Gasteiger partial charge on any atom is -0.481 e. The lowest BCUT2D eigenvalue weighted by molar-refractivity contribution is -0.137. The van der Waals surface area contributed by atoms with Gasteiger partial charge in [0.15, 0.2) is 0 Å². The Bertz CT molecular complexity index is 143. The second-order valence-electron chi connectivity index (χ2n) is 3.85. The molecule has 0 spiro atoms. The van der Waals surface area contributed by atoms with Crippen molar-refractivity contribution in [2.75, 3.05) is 5.33 Å². The van der Waals surface area contributed by atoms with Crippen molar-refractivity contribution in [2.24, 2.45) is 5.41 Å². The molecular weight excluding hydrogens is 220 g/mol. The molecule has 2 nitrogen and oxygen atoms in total. The van der Waals surface area contributed by atoms with E-state index in [-0.39, 0.29) is 11.8 Å². The molecule has 1 N–H and O–H groups in total. The maximum atomic E-state index is 10.3. The van der Waals surface area contributed by atoms with E-state index in [0.717, 1.165) is 24.6 Å². The molecular formula is C9H17BrO2. The van der Waals surface area contributed by atoms with E-state index in [0.29, 0.717) is 0 Å². The van der Waals surface area contributed by atoms with E-state index in [2.05, 4.69) is 29.8 Å². The first-order valence-electron chi connectivity index (χ1n) is 4.26. The number of hydrogen-bond acceptors (Lipinski definition) is 1. The van der Waals surface area contributed by atoms with Crippen molar-refractivity contribution in [2.45, 2.75) is 39.5 Å². The topological polar surface area (TPSA) is 37.3 Å². The summed E-state index contributed by atoms with van der Waals surface area (Å²) in [5.74, 6) is -0.693. The predicted octanol–water partition coefficient (Wildman–Crippen LogP) is 3.05. The summed E-state index contributed by atoms with van der Waals surface area (Å²) in [7, 11) is 0. The summed E-state index contributed by atoms with van der Waals surface area (Å²) >= 11 is 3.37. The molecule has 0 aromatic carbocycles. The average molecular weight is 237 g/mol. The van der Waals surface area contributed by atoms with Gasteiger partial charge in [0.1, 0.15) is 0 Å². The number of hydrogen-bond donors (Lipinski definition) is 1. The minimum absolute atomic E-state index is 0.173. The van der Waals surface area contributed by atoms with Crippen LogP contribution in [0.1, 0.15) is 39.5 Å². The first kappa shape index (κ1) is 11.9. The van der Waals surface area contributed by atoms with Crippen LogP contribution in [0.25, 0.3) is 0 Å². The Balaban J connectivity index is 3.63. The monoisotopic (exact) mass is 236 g/mol. The van der Waals surface area contributed by atoms with Crippen LogP contribution in [0, 0.1) is 5.41 Å². The summed E-state index contributed by atoms with van der Waals surface area (Å²) in [4.78, 5) is 10.3. The highest BCUT2D eigenvalue weighted by molar-refractivity contribution is 9.09. The van der Waals surface area contributed by atoms with Crippen LogP contribution in [0.2, 0.25) is 0 Å². The third-order valence-corrected chi connectivity index (χ3v) is 2.56. The molecule has 0 atom stereocenters. The Kier molecular flexibility index (Phi) is 5.55. The lowest BCUT2D eigenvalue weighted by Gasteiger charge is -2.22. The highest BCUT2D eigenvalue weighted by Crippen LogP contribution is 2.28. The molecule has 0 heterocycles. The van der Waals surface area contributed by atoms with Crippen molar-refractivity contribution >= 4 is 21.9 Å². The van der Waals surface area contributed by atoms with Crippen molar-refractivity contribution in [1.82, 2.24) is 0 Å². The second kappa shape index (κ2) is 5.57. The van der Waals surface area contributed by atoms with Crippen molar-refractivity contribution in [3.05, 3.63) is 0 Å². The summed E-state index contributed by atoms with van der Waals surface area (Å²) in [5.41, 5.74) is 0.173. The number of carboxylic acid groups (broad SMARTS) is 1. The zero-order valence-electron chi connectivity index (χ0n) is 7.77. The van der Waals surface area contributed by atoms with E-state index in [1.165, 1.54) is 0 Å². The zero-order valence-corrected chi connectivity index (χ0v) is 9.35. The standard InChI is InChI=1S/C9H17BrO2/c1-9(2,5-3-7-10)6-4-8(11)12/h3-7H2,1-2H3,(H,11,12). The Morgan fingerprint density at radius 1 is 1.42 bits per heavy atom. The van der Waals surface area contributed by atoms with Gasteiger partial charge in [-0.3, -0.25) is 4.79 Å². The van der Waals surface area contributed by atoms with E-state index < -0.39 is 5.97 Å². The van der Waals surface area contributed by atoms with Gasteiger partial charge < -0.3 is 5.11 Å². The van der Waals surface area contributed by atoms with Crippen LogP contribution in [0.5, 0.6) is 0 Å². The molecule has 0 aromatic heterocycles. The third kappa shape index (κ3) is 6.65. The minimum atomic E-state index is -0.693. The van der Waals surface area contributed by atoms with Gasteiger partial charge in [-0.05, 0) is 24.7 Å². The summed E-state index contributed by atoms with van der Waals surface area (Å²) in [6, 6.07) is 0. The molecule has 3 heteroatoms. The molecule has 0 bridgehead atoms. The molecule has 0 unspecified atom stereocenters. The number of alkyl halides is 1. The SMILES string of the molecule is CC(C)(CCCBr)CCC(=O)O. The van der Waals surface area contributed by atoms with Crippen LogP contribution >= 0.6 is 15.9 Å². The van der Waals surface area contributed by atoms with Gasteiger partial charge in [-0.15, -0.1) is 0 Å². The largest absolute Gasteiger partial charge is 0.481 e. The Labute approximate surface area is 82.5 Å². The van der Waals surface area contributed by atoms with Crippen LogP contribution in [0.15, 0.2) is 0 Å². The van der Waals surface area contributed by atoms with Crippen LogP contribution in [0.3, 0.4) is 0 Å². The van der Waals surface area contributed by atoms with E-state index >= 15 is 0 Å². The van der Waals surface area contributed by atoms with Crippen molar-refractivity contribution in [3.63, 3.8) is 0 Å². The van der Waals surface area contributed by atoms with E-state index in [1.54, 1.807) is 0 Å². The highest BCUT2D eigenvalue weighted by atomic mass is 79.9. The number of halogens is 1. The molecule has 0 amide bonds. The molecule has 0 fully saturated rings. The van der Waals surface area contributed by atoms with Gasteiger partial charge in [-0.25, -0.2) is 0 Å². The Hall–Kier alpha value is -0.0500. The van der Waals surface area contributed by atoms with E-state index in [4.69, 9.17) is 5.11 Å². The van der Waals surface area contributed by atoms with Crippen molar-refractivity contribution in [1.29, 1.82) is 0 Å². The fourth-order valence-electron chi connectivity index (χ4n) is 1.12.